The molecule has 0 amide bonds. The molecule has 1 aliphatic rings. The Morgan fingerprint density at radius 3 is 2.76 bits per heavy atom. The maximum Gasteiger partial charge on any atom is 0.233 e. The van der Waals surface area contributed by atoms with Crippen LogP contribution in [0.15, 0.2) is 15.9 Å². The second-order valence-corrected chi connectivity index (χ2v) is 7.80. The van der Waals surface area contributed by atoms with Gasteiger partial charge in [0.2, 0.25) is 10.0 Å². The van der Waals surface area contributed by atoms with Crippen LogP contribution in [0.1, 0.15) is 12.8 Å². The van der Waals surface area contributed by atoms with Gasteiger partial charge in [-0.25, -0.2) is 8.42 Å². The van der Waals surface area contributed by atoms with E-state index in [0.717, 1.165) is 30.4 Å². The van der Waals surface area contributed by atoms with E-state index in [9.17, 15) is 8.42 Å². The number of halogens is 1. The molecule has 0 unspecified atom stereocenters. The normalized spacial score (nSPS) is 18.2. The third-order valence-electron chi connectivity index (χ3n) is 2.74. The molecule has 0 aliphatic carbocycles. The highest BCUT2D eigenvalue weighted by Gasteiger charge is 2.21. The summed E-state index contributed by atoms with van der Waals surface area (Å²) in [5.41, 5.74) is 0. The average molecular weight is 339 g/mol. The molecular formula is C10H15BrN2O2S2. The lowest BCUT2D eigenvalue weighted by Gasteiger charge is -2.22. The third kappa shape index (κ3) is 4.24. The van der Waals surface area contributed by atoms with Crippen LogP contribution in [0.3, 0.4) is 0 Å². The van der Waals surface area contributed by atoms with Crippen LogP contribution in [0.2, 0.25) is 0 Å². The van der Waals surface area contributed by atoms with Crippen molar-refractivity contribution >= 4 is 42.3 Å². The van der Waals surface area contributed by atoms with Crippen molar-refractivity contribution in [1.29, 1.82) is 0 Å². The molecule has 0 saturated carbocycles. The number of hydrogen-bond donors (Lipinski definition) is 2. The highest BCUT2D eigenvalue weighted by molar-refractivity contribution is 9.10. The minimum atomic E-state index is -3.21. The van der Waals surface area contributed by atoms with E-state index in [-0.39, 0.29) is 11.7 Å². The molecule has 0 bridgehead atoms. The lowest BCUT2D eigenvalue weighted by atomic mass is 10.0. The molecular weight excluding hydrogens is 324 g/mol. The summed E-state index contributed by atoms with van der Waals surface area (Å²) in [5, 5.41) is 5.77. The molecule has 2 heterocycles. The van der Waals surface area contributed by atoms with Crippen molar-refractivity contribution < 1.29 is 8.42 Å². The standard InChI is InChI=1S/C10H15BrN2O2S2/c11-9-5-10(16-6-9)13-17(14,15)7-8-1-3-12-4-2-8/h5-6,8,12-13H,1-4,7H2. The SMILES string of the molecule is O=S(=O)(CC1CCNCC1)Nc1cc(Br)cs1. The molecule has 0 spiro atoms. The maximum atomic E-state index is 11.9. The van der Waals surface area contributed by atoms with E-state index in [0.29, 0.717) is 5.00 Å². The van der Waals surface area contributed by atoms with Crippen LogP contribution in [0.5, 0.6) is 0 Å². The number of hydrogen-bond acceptors (Lipinski definition) is 4. The van der Waals surface area contributed by atoms with Crippen LogP contribution < -0.4 is 10.0 Å². The van der Waals surface area contributed by atoms with Crippen molar-refractivity contribution in [2.75, 3.05) is 23.6 Å². The topological polar surface area (TPSA) is 58.2 Å². The smallest absolute Gasteiger partial charge is 0.233 e. The Kier molecular flexibility index (Phi) is 4.46. The van der Waals surface area contributed by atoms with Crippen molar-refractivity contribution in [3.8, 4) is 0 Å². The second-order valence-electron chi connectivity index (χ2n) is 4.21. The first kappa shape index (κ1) is 13.3. The summed E-state index contributed by atoms with van der Waals surface area (Å²) in [6.45, 7) is 1.84. The zero-order chi connectivity index (χ0) is 12.3. The fourth-order valence-corrected chi connectivity index (χ4v) is 5.06. The van der Waals surface area contributed by atoms with Crippen molar-refractivity contribution in [2.45, 2.75) is 12.8 Å². The van der Waals surface area contributed by atoms with Crippen LogP contribution in [-0.2, 0) is 10.0 Å². The van der Waals surface area contributed by atoms with Crippen molar-refractivity contribution in [3.05, 3.63) is 15.9 Å². The van der Waals surface area contributed by atoms with Crippen LogP contribution in [0, 0.1) is 5.92 Å². The summed E-state index contributed by atoms with van der Waals surface area (Å²) < 4.78 is 27.4. The molecule has 96 valence electrons. The van der Waals surface area contributed by atoms with E-state index >= 15 is 0 Å². The molecule has 1 aromatic heterocycles. The molecule has 2 N–H and O–H groups in total. The van der Waals surface area contributed by atoms with Gasteiger partial charge in [-0.3, -0.25) is 4.72 Å². The van der Waals surface area contributed by atoms with Gasteiger partial charge in [-0.05, 0) is 53.8 Å². The molecule has 2 rings (SSSR count). The monoisotopic (exact) mass is 338 g/mol. The first-order valence-corrected chi connectivity index (χ1v) is 8.83. The van der Waals surface area contributed by atoms with Crippen LogP contribution in [0.4, 0.5) is 5.00 Å². The Bertz CT molecular complexity index is 466. The summed E-state index contributed by atoms with van der Waals surface area (Å²) in [7, 11) is -3.21. The second kappa shape index (κ2) is 5.69. The highest BCUT2D eigenvalue weighted by Crippen LogP contribution is 2.26. The van der Waals surface area contributed by atoms with Gasteiger partial charge in [0.15, 0.2) is 0 Å². The fourth-order valence-electron chi connectivity index (χ4n) is 1.92. The minimum Gasteiger partial charge on any atom is -0.317 e. The Morgan fingerprint density at radius 1 is 1.47 bits per heavy atom. The van der Waals surface area contributed by atoms with Gasteiger partial charge in [0.05, 0.1) is 5.75 Å². The summed E-state index contributed by atoms with van der Waals surface area (Å²) >= 11 is 4.69. The Balaban J connectivity index is 1.94. The van der Waals surface area contributed by atoms with Crippen LogP contribution >= 0.6 is 27.3 Å². The number of nitrogens with one attached hydrogen (secondary N) is 2. The Hall–Kier alpha value is -0.110. The van der Waals surface area contributed by atoms with Crippen molar-refractivity contribution in [1.82, 2.24) is 5.32 Å². The quantitative estimate of drug-likeness (QED) is 0.885. The zero-order valence-electron chi connectivity index (χ0n) is 9.28. The molecule has 1 aliphatic heterocycles. The minimum absolute atomic E-state index is 0.226. The molecule has 4 nitrogen and oxygen atoms in total. The van der Waals surface area contributed by atoms with Gasteiger partial charge in [0, 0.05) is 9.85 Å². The number of rotatable bonds is 4. The number of thiophene rings is 1. The zero-order valence-corrected chi connectivity index (χ0v) is 12.5. The van der Waals surface area contributed by atoms with E-state index in [1.165, 1.54) is 11.3 Å². The van der Waals surface area contributed by atoms with Gasteiger partial charge in [-0.15, -0.1) is 11.3 Å². The summed E-state index contributed by atoms with van der Waals surface area (Å²) in [6.07, 6.45) is 1.88. The molecule has 7 heteroatoms. The van der Waals surface area contributed by atoms with Gasteiger partial charge in [-0.2, -0.15) is 0 Å². The third-order valence-corrected chi connectivity index (χ3v) is 5.91. The molecule has 1 aromatic rings. The van der Waals surface area contributed by atoms with E-state index in [1.807, 2.05) is 5.38 Å². The molecule has 1 fully saturated rings. The molecule has 0 aromatic carbocycles. The molecule has 0 atom stereocenters. The first-order chi connectivity index (χ1) is 8.05. The van der Waals surface area contributed by atoms with E-state index in [2.05, 4.69) is 26.0 Å². The Morgan fingerprint density at radius 2 is 2.18 bits per heavy atom. The van der Waals surface area contributed by atoms with Crippen molar-refractivity contribution in [2.24, 2.45) is 5.92 Å². The fraction of sp³-hybridized carbons (Fsp3) is 0.600. The number of sulfonamides is 1. The number of anilines is 1. The van der Waals surface area contributed by atoms with Crippen LogP contribution in [-0.4, -0.2) is 27.3 Å². The molecule has 1 saturated heterocycles. The molecule has 17 heavy (non-hydrogen) atoms. The largest absolute Gasteiger partial charge is 0.317 e. The highest BCUT2D eigenvalue weighted by atomic mass is 79.9. The molecule has 0 radical (unpaired) electrons. The summed E-state index contributed by atoms with van der Waals surface area (Å²) in [5.74, 6) is 0.502. The van der Waals surface area contributed by atoms with Crippen LogP contribution in [0.25, 0.3) is 0 Å². The van der Waals surface area contributed by atoms with E-state index in [1.54, 1.807) is 6.07 Å². The summed E-state index contributed by atoms with van der Waals surface area (Å²) in [6, 6.07) is 1.78. The van der Waals surface area contributed by atoms with Gasteiger partial charge >= 0.3 is 0 Å². The van der Waals surface area contributed by atoms with E-state index in [4.69, 9.17) is 0 Å². The Labute approximate surface area is 114 Å². The predicted molar refractivity (Wildman–Crippen MR) is 75.0 cm³/mol. The average Bonchev–Trinajstić information content (AvgIpc) is 2.63. The lowest BCUT2D eigenvalue weighted by Crippen LogP contribution is -2.32. The van der Waals surface area contributed by atoms with Crippen molar-refractivity contribution in [3.63, 3.8) is 0 Å². The number of piperidine rings is 1. The van der Waals surface area contributed by atoms with Gasteiger partial charge in [0.1, 0.15) is 5.00 Å². The van der Waals surface area contributed by atoms with Gasteiger partial charge in [0.25, 0.3) is 0 Å². The first-order valence-electron chi connectivity index (χ1n) is 5.50. The van der Waals surface area contributed by atoms with Gasteiger partial charge < -0.3 is 5.32 Å². The van der Waals surface area contributed by atoms with E-state index < -0.39 is 10.0 Å². The maximum absolute atomic E-state index is 11.9. The summed E-state index contributed by atoms with van der Waals surface area (Å²) in [4.78, 5) is 0. The predicted octanol–water partition coefficient (Wildman–Crippen LogP) is 2.25. The van der Waals surface area contributed by atoms with Gasteiger partial charge in [-0.1, -0.05) is 0 Å². The lowest BCUT2D eigenvalue weighted by molar-refractivity contribution is 0.402.